The first-order valence-corrected chi connectivity index (χ1v) is 4.35. The number of hydrogen-bond donors (Lipinski definition) is 0. The maximum absolute atomic E-state index is 12.4. The Hall–Kier alpha value is -1.30. The Balaban J connectivity index is 2.76. The first-order chi connectivity index (χ1) is 6.89. The van der Waals surface area contributed by atoms with Crippen LogP contribution in [0.5, 0.6) is 0 Å². The van der Waals surface area contributed by atoms with Crippen molar-refractivity contribution < 1.29 is 13.2 Å². The molecule has 0 spiro atoms. The van der Waals surface area contributed by atoms with Crippen LogP contribution in [0.2, 0.25) is 5.02 Å². The topological polar surface area (TPSA) is 30.2 Å². The number of aromatic nitrogens is 3. The summed E-state index contributed by atoms with van der Waals surface area (Å²) in [5.74, 6) is 0.359. The number of halogens is 4. The van der Waals surface area contributed by atoms with Gasteiger partial charge in [0.25, 0.3) is 0 Å². The molecule has 2 rings (SSSR count). The molecule has 0 aromatic carbocycles. The van der Waals surface area contributed by atoms with Crippen molar-refractivity contribution in [3.8, 4) is 0 Å². The van der Waals surface area contributed by atoms with E-state index in [0.29, 0.717) is 5.82 Å². The fraction of sp³-hybridized carbons (Fsp3) is 0.250. The maximum atomic E-state index is 12.4. The fourth-order valence-corrected chi connectivity index (χ4v) is 1.47. The van der Waals surface area contributed by atoms with Crippen molar-refractivity contribution in [2.45, 2.75) is 13.1 Å². The summed E-state index contributed by atoms with van der Waals surface area (Å²) in [5.41, 5.74) is -0.593. The Morgan fingerprint density at radius 2 is 2.00 bits per heavy atom. The van der Waals surface area contributed by atoms with Crippen molar-refractivity contribution in [3.63, 3.8) is 0 Å². The summed E-state index contributed by atoms with van der Waals surface area (Å²) in [6.07, 6.45) is -3.49. The Labute approximate surface area is 87.5 Å². The van der Waals surface area contributed by atoms with Gasteiger partial charge in [0.15, 0.2) is 5.65 Å². The highest BCUT2D eigenvalue weighted by atomic mass is 35.5. The molecule has 0 N–H and O–H groups in total. The van der Waals surface area contributed by atoms with Gasteiger partial charge in [-0.3, -0.25) is 4.40 Å². The second kappa shape index (κ2) is 3.10. The Kier molecular flexibility index (Phi) is 2.11. The predicted octanol–water partition coefficient (Wildman–Crippen LogP) is 2.71. The molecule has 0 fully saturated rings. The molecule has 0 bridgehead atoms. The molecular formula is C8H5ClF3N3. The van der Waals surface area contributed by atoms with Crippen LogP contribution in [-0.2, 0) is 6.18 Å². The first-order valence-electron chi connectivity index (χ1n) is 3.97. The normalized spacial score (nSPS) is 12.3. The molecule has 3 nitrogen and oxygen atoms in total. The van der Waals surface area contributed by atoms with Gasteiger partial charge in [0.05, 0.1) is 10.6 Å². The third-order valence-corrected chi connectivity index (χ3v) is 2.24. The molecule has 0 aliphatic rings. The number of nitrogens with zero attached hydrogens (tertiary/aromatic N) is 3. The van der Waals surface area contributed by atoms with Crippen molar-refractivity contribution in [3.05, 3.63) is 28.7 Å². The lowest BCUT2D eigenvalue weighted by Crippen LogP contribution is -2.07. The molecule has 0 saturated heterocycles. The molecule has 80 valence electrons. The number of alkyl halides is 3. The zero-order valence-electron chi connectivity index (χ0n) is 7.51. The molecule has 0 amide bonds. The number of pyridine rings is 1. The van der Waals surface area contributed by atoms with Gasteiger partial charge in [0, 0.05) is 6.20 Å². The molecule has 0 saturated carbocycles. The third kappa shape index (κ3) is 1.65. The highest BCUT2D eigenvalue weighted by molar-refractivity contribution is 6.33. The number of hydrogen-bond acceptors (Lipinski definition) is 2. The molecule has 0 atom stereocenters. The van der Waals surface area contributed by atoms with Gasteiger partial charge >= 0.3 is 6.18 Å². The zero-order valence-corrected chi connectivity index (χ0v) is 8.26. The van der Waals surface area contributed by atoms with E-state index >= 15 is 0 Å². The SMILES string of the molecule is Cc1nnc2c(Cl)cc(C(F)(F)F)cn12. The molecule has 0 aliphatic heterocycles. The minimum Gasteiger partial charge on any atom is -0.285 e. The van der Waals surface area contributed by atoms with E-state index < -0.39 is 11.7 Å². The monoisotopic (exact) mass is 235 g/mol. The van der Waals surface area contributed by atoms with Crippen molar-refractivity contribution in [2.24, 2.45) is 0 Å². The average Bonchev–Trinajstić information content (AvgIpc) is 2.47. The lowest BCUT2D eigenvalue weighted by atomic mass is 10.3. The van der Waals surface area contributed by atoms with Crippen molar-refractivity contribution in [1.29, 1.82) is 0 Å². The summed E-state index contributed by atoms with van der Waals surface area (Å²) in [6, 6.07) is 0.838. The summed E-state index contributed by atoms with van der Waals surface area (Å²) < 4.78 is 38.5. The smallest absolute Gasteiger partial charge is 0.285 e. The van der Waals surface area contributed by atoms with Gasteiger partial charge in [-0.2, -0.15) is 13.2 Å². The van der Waals surface area contributed by atoms with Crippen LogP contribution in [0, 0.1) is 6.92 Å². The van der Waals surface area contributed by atoms with Crippen LogP contribution >= 0.6 is 11.6 Å². The molecule has 2 heterocycles. The van der Waals surface area contributed by atoms with E-state index in [4.69, 9.17) is 11.6 Å². The van der Waals surface area contributed by atoms with E-state index in [0.717, 1.165) is 12.3 Å². The van der Waals surface area contributed by atoms with E-state index in [1.165, 1.54) is 4.40 Å². The van der Waals surface area contributed by atoms with E-state index in [-0.39, 0.29) is 10.7 Å². The number of aryl methyl sites for hydroxylation is 1. The Morgan fingerprint density at radius 3 is 2.60 bits per heavy atom. The molecular weight excluding hydrogens is 231 g/mol. The Bertz CT molecular complexity index is 518. The van der Waals surface area contributed by atoms with Gasteiger partial charge in [0.2, 0.25) is 0 Å². The van der Waals surface area contributed by atoms with Gasteiger partial charge < -0.3 is 0 Å². The van der Waals surface area contributed by atoms with Crippen LogP contribution < -0.4 is 0 Å². The van der Waals surface area contributed by atoms with Gasteiger partial charge in [-0.05, 0) is 13.0 Å². The molecule has 15 heavy (non-hydrogen) atoms. The number of fused-ring (bicyclic) bond motifs is 1. The molecule has 0 unspecified atom stereocenters. The maximum Gasteiger partial charge on any atom is 0.417 e. The minimum absolute atomic E-state index is 0.0644. The van der Waals surface area contributed by atoms with Crippen molar-refractivity contribution in [2.75, 3.05) is 0 Å². The molecule has 7 heteroatoms. The highest BCUT2D eigenvalue weighted by Gasteiger charge is 2.32. The van der Waals surface area contributed by atoms with Crippen LogP contribution in [-0.4, -0.2) is 14.6 Å². The van der Waals surface area contributed by atoms with Gasteiger partial charge in [-0.1, -0.05) is 11.6 Å². The van der Waals surface area contributed by atoms with Gasteiger partial charge in [-0.15, -0.1) is 10.2 Å². The predicted molar refractivity (Wildman–Crippen MR) is 47.7 cm³/mol. The second-order valence-corrected chi connectivity index (χ2v) is 3.42. The molecule has 0 aliphatic carbocycles. The number of rotatable bonds is 0. The average molecular weight is 236 g/mol. The minimum atomic E-state index is -4.42. The summed E-state index contributed by atoms with van der Waals surface area (Å²) >= 11 is 5.66. The van der Waals surface area contributed by atoms with Gasteiger partial charge in [0.1, 0.15) is 5.82 Å². The fourth-order valence-electron chi connectivity index (χ4n) is 1.22. The van der Waals surface area contributed by atoms with E-state index in [9.17, 15) is 13.2 Å². The molecule has 2 aromatic heterocycles. The lowest BCUT2D eigenvalue weighted by Gasteiger charge is -2.07. The summed E-state index contributed by atoms with van der Waals surface area (Å²) in [7, 11) is 0. The van der Waals surface area contributed by atoms with Crippen molar-refractivity contribution >= 4 is 17.2 Å². The quantitative estimate of drug-likeness (QED) is 0.703. The van der Waals surface area contributed by atoms with Gasteiger partial charge in [-0.25, -0.2) is 0 Å². The molecule has 2 aromatic rings. The summed E-state index contributed by atoms with van der Waals surface area (Å²) in [6.45, 7) is 1.55. The van der Waals surface area contributed by atoms with E-state index in [2.05, 4.69) is 10.2 Å². The zero-order chi connectivity index (χ0) is 11.2. The largest absolute Gasteiger partial charge is 0.417 e. The van der Waals surface area contributed by atoms with Crippen LogP contribution in [0.3, 0.4) is 0 Å². The van der Waals surface area contributed by atoms with Crippen LogP contribution in [0.25, 0.3) is 5.65 Å². The van der Waals surface area contributed by atoms with E-state index in [1.807, 2.05) is 0 Å². The van der Waals surface area contributed by atoms with Crippen LogP contribution in [0.15, 0.2) is 12.3 Å². The van der Waals surface area contributed by atoms with E-state index in [1.54, 1.807) is 6.92 Å². The van der Waals surface area contributed by atoms with Crippen LogP contribution in [0.1, 0.15) is 11.4 Å². The Morgan fingerprint density at radius 1 is 1.33 bits per heavy atom. The summed E-state index contributed by atoms with van der Waals surface area (Å²) in [4.78, 5) is 0. The first kappa shape index (κ1) is 10.2. The highest BCUT2D eigenvalue weighted by Crippen LogP contribution is 2.32. The van der Waals surface area contributed by atoms with Crippen molar-refractivity contribution in [1.82, 2.24) is 14.6 Å². The molecule has 0 radical (unpaired) electrons. The van der Waals surface area contributed by atoms with Crippen LogP contribution in [0.4, 0.5) is 13.2 Å². The standard InChI is InChI=1S/C8H5ClF3N3/c1-4-13-14-7-6(9)2-5(3-15(4)7)8(10,11)12/h2-3H,1H3. The lowest BCUT2D eigenvalue weighted by molar-refractivity contribution is -0.137. The third-order valence-electron chi connectivity index (χ3n) is 1.96. The second-order valence-electron chi connectivity index (χ2n) is 3.02. The summed E-state index contributed by atoms with van der Waals surface area (Å²) in [5, 5.41) is 7.23.